The van der Waals surface area contributed by atoms with Gasteiger partial charge in [-0.3, -0.25) is 14.1 Å². The first-order valence-electron chi connectivity index (χ1n) is 10.3. The van der Waals surface area contributed by atoms with Crippen LogP contribution in [0.5, 0.6) is 0 Å². The van der Waals surface area contributed by atoms with Crippen LogP contribution in [0.4, 0.5) is 5.69 Å². The molecule has 1 amide bonds. The first-order valence-corrected chi connectivity index (χ1v) is 16.2. The molecule has 1 aliphatic rings. The topological polar surface area (TPSA) is 125 Å². The fraction of sp³-hybridized carbons (Fsp3) is 0.238. The zero-order valence-electron chi connectivity index (χ0n) is 18.6. The third-order valence-electron chi connectivity index (χ3n) is 5.07. The summed E-state index contributed by atoms with van der Waals surface area (Å²) in [6.07, 6.45) is 2.67. The number of thioether (sulfide) groups is 1. The number of aryl methyl sites for hydroxylation is 1. The second kappa shape index (κ2) is 10.5. The van der Waals surface area contributed by atoms with Crippen molar-refractivity contribution in [1.29, 1.82) is 0 Å². The third kappa shape index (κ3) is 6.71. The number of carbonyl (C=O) groups is 1. The van der Waals surface area contributed by atoms with Gasteiger partial charge in [-0.1, -0.05) is 46.3 Å². The predicted octanol–water partition coefficient (Wildman–Crippen LogP) is 3.76. The van der Waals surface area contributed by atoms with Crippen molar-refractivity contribution in [3.05, 3.63) is 56.5 Å². The van der Waals surface area contributed by atoms with E-state index in [2.05, 4.69) is 0 Å². The Morgan fingerprint density at radius 1 is 1.14 bits per heavy atom. The van der Waals surface area contributed by atoms with E-state index in [0.29, 0.717) is 20.6 Å². The number of sulfonamides is 1. The molecular weight excluding hydrogens is 589 g/mol. The summed E-state index contributed by atoms with van der Waals surface area (Å²) in [4.78, 5) is 14.9. The van der Waals surface area contributed by atoms with Gasteiger partial charge in [-0.25, -0.2) is 8.42 Å². The minimum atomic E-state index is -4.21. The molecule has 0 spiro atoms. The molecule has 2 heterocycles. The molecule has 15 heteroatoms. The van der Waals surface area contributed by atoms with Crippen LogP contribution in [0.3, 0.4) is 0 Å². The van der Waals surface area contributed by atoms with E-state index in [1.165, 1.54) is 23.1 Å². The van der Waals surface area contributed by atoms with Crippen molar-refractivity contribution >= 4 is 94.3 Å². The number of hydrogen-bond acceptors (Lipinski definition) is 8. The minimum Gasteiger partial charge on any atom is -0.334 e. The number of rotatable bonds is 8. The summed E-state index contributed by atoms with van der Waals surface area (Å²) in [5.41, 5.74) is 1.48. The predicted molar refractivity (Wildman–Crippen MR) is 144 cm³/mol. The van der Waals surface area contributed by atoms with Gasteiger partial charge in [0, 0.05) is 34.0 Å². The normalized spacial score (nSPS) is 15.0. The van der Waals surface area contributed by atoms with E-state index < -0.39 is 31.8 Å². The molecule has 3 aromatic rings. The van der Waals surface area contributed by atoms with E-state index in [1.54, 1.807) is 28.8 Å². The molecule has 0 atom stereocenters. The molecule has 0 fully saturated rings. The second-order valence-electron chi connectivity index (χ2n) is 7.89. The van der Waals surface area contributed by atoms with Crippen molar-refractivity contribution in [2.45, 2.75) is 17.9 Å². The standard InChI is InChI=1S/C21H19Cl2N3O6S4/c1-35(28,29)24-19(27)6-7-25-15-10-13(22)2-4-17(15)33-20(25)12-21-26(8-9-36(30,31)32)16-11-14(23)3-5-18(16)34-21/h2-5,10-12H,6-9H2,1H3,(H-,24,27,30,31,32)/p+1. The quantitative estimate of drug-likeness (QED) is 0.292. The molecule has 2 aromatic carbocycles. The Labute approximate surface area is 226 Å². The lowest BCUT2D eigenvalue weighted by atomic mass is 10.2. The summed E-state index contributed by atoms with van der Waals surface area (Å²) in [6, 6.07) is 10.7. The van der Waals surface area contributed by atoms with Crippen molar-refractivity contribution in [3.8, 4) is 0 Å². The van der Waals surface area contributed by atoms with Crippen LogP contribution in [-0.2, 0) is 31.5 Å². The molecule has 1 aliphatic heterocycles. The van der Waals surface area contributed by atoms with Gasteiger partial charge in [-0.2, -0.15) is 13.0 Å². The number of hydrogen-bond donors (Lipinski definition) is 2. The monoisotopic (exact) mass is 608 g/mol. The lowest BCUT2D eigenvalue weighted by Gasteiger charge is -2.20. The van der Waals surface area contributed by atoms with E-state index in [-0.39, 0.29) is 19.5 Å². The highest BCUT2D eigenvalue weighted by Gasteiger charge is 2.29. The molecule has 192 valence electrons. The van der Waals surface area contributed by atoms with Crippen LogP contribution in [0.15, 0.2) is 46.3 Å². The van der Waals surface area contributed by atoms with E-state index in [1.807, 2.05) is 27.8 Å². The number of amides is 1. The van der Waals surface area contributed by atoms with Gasteiger partial charge in [-0.05, 0) is 30.3 Å². The number of carbonyl (C=O) groups excluding carboxylic acids is 1. The van der Waals surface area contributed by atoms with Crippen molar-refractivity contribution in [1.82, 2.24) is 4.72 Å². The summed E-state index contributed by atoms with van der Waals surface area (Å²) in [7, 11) is -7.89. The van der Waals surface area contributed by atoms with Gasteiger partial charge in [0.25, 0.3) is 15.1 Å². The fourth-order valence-corrected chi connectivity index (χ4v) is 7.16. The Balaban J connectivity index is 1.74. The Morgan fingerprint density at radius 2 is 1.83 bits per heavy atom. The van der Waals surface area contributed by atoms with Crippen LogP contribution < -0.4 is 14.2 Å². The lowest BCUT2D eigenvalue weighted by Crippen LogP contribution is -2.38. The summed E-state index contributed by atoms with van der Waals surface area (Å²) in [5.74, 6) is -1.12. The summed E-state index contributed by atoms with van der Waals surface area (Å²) in [6.45, 7) is 0.174. The van der Waals surface area contributed by atoms with Gasteiger partial charge in [0.1, 0.15) is 10.5 Å². The number of thiazole rings is 1. The first-order chi connectivity index (χ1) is 16.8. The van der Waals surface area contributed by atoms with Gasteiger partial charge < -0.3 is 4.90 Å². The van der Waals surface area contributed by atoms with Crippen LogP contribution in [0, 0.1) is 0 Å². The average molecular weight is 610 g/mol. The van der Waals surface area contributed by atoms with Gasteiger partial charge in [0.15, 0.2) is 6.54 Å². The third-order valence-corrected chi connectivity index (χ3v) is 9.06. The number of anilines is 1. The van der Waals surface area contributed by atoms with Gasteiger partial charge >= 0.3 is 0 Å². The van der Waals surface area contributed by atoms with Crippen LogP contribution in [0.25, 0.3) is 16.3 Å². The lowest BCUT2D eigenvalue weighted by molar-refractivity contribution is -0.664. The van der Waals surface area contributed by atoms with Gasteiger partial charge in [0.2, 0.25) is 21.4 Å². The molecule has 36 heavy (non-hydrogen) atoms. The van der Waals surface area contributed by atoms with Crippen molar-refractivity contribution in [3.63, 3.8) is 0 Å². The number of fused-ring (bicyclic) bond motifs is 2. The fourth-order valence-electron chi connectivity index (χ4n) is 3.61. The highest BCUT2D eigenvalue weighted by molar-refractivity contribution is 8.04. The number of halogens is 2. The van der Waals surface area contributed by atoms with Gasteiger partial charge in [-0.15, -0.1) is 0 Å². The van der Waals surface area contributed by atoms with Crippen LogP contribution in [0.2, 0.25) is 10.0 Å². The average Bonchev–Trinajstić information content (AvgIpc) is 3.25. The first kappa shape index (κ1) is 27.2. The zero-order valence-corrected chi connectivity index (χ0v) is 23.4. The molecule has 2 N–H and O–H groups in total. The maximum absolute atomic E-state index is 12.2. The summed E-state index contributed by atoms with van der Waals surface area (Å²) < 4.78 is 59.7. The van der Waals surface area contributed by atoms with Crippen molar-refractivity contribution < 1.29 is 30.7 Å². The summed E-state index contributed by atoms with van der Waals surface area (Å²) in [5, 5.41) is 2.41. The Morgan fingerprint density at radius 3 is 2.53 bits per heavy atom. The molecule has 0 aliphatic carbocycles. The van der Waals surface area contributed by atoms with E-state index >= 15 is 0 Å². The minimum absolute atomic E-state index is 0.00149. The Bertz CT molecular complexity index is 1600. The maximum Gasteiger partial charge on any atom is 0.271 e. The molecule has 0 radical (unpaired) electrons. The maximum atomic E-state index is 12.2. The van der Waals surface area contributed by atoms with Gasteiger partial charge in [0.05, 0.1) is 23.0 Å². The highest BCUT2D eigenvalue weighted by atomic mass is 35.5. The van der Waals surface area contributed by atoms with E-state index in [4.69, 9.17) is 23.2 Å². The number of nitrogens with one attached hydrogen (secondary N) is 1. The molecular formula is C21H20Cl2N3O6S4+. The molecule has 4 rings (SSSR count). The smallest absolute Gasteiger partial charge is 0.271 e. The van der Waals surface area contributed by atoms with Crippen LogP contribution in [0.1, 0.15) is 11.4 Å². The summed E-state index contributed by atoms with van der Waals surface area (Å²) >= 11 is 15.2. The molecule has 9 nitrogen and oxygen atoms in total. The molecule has 1 aromatic heterocycles. The van der Waals surface area contributed by atoms with Crippen LogP contribution in [-0.4, -0.2) is 45.8 Å². The zero-order chi connectivity index (χ0) is 26.3. The number of aromatic nitrogens is 1. The van der Waals surface area contributed by atoms with Crippen LogP contribution >= 0.6 is 46.3 Å². The van der Waals surface area contributed by atoms with Crippen molar-refractivity contribution in [2.75, 3.05) is 23.5 Å². The van der Waals surface area contributed by atoms with E-state index in [9.17, 15) is 26.2 Å². The Kier molecular flexibility index (Phi) is 7.91. The largest absolute Gasteiger partial charge is 0.334 e. The van der Waals surface area contributed by atoms with E-state index in [0.717, 1.165) is 26.6 Å². The number of benzene rings is 2. The SMILES string of the molecule is CS(=O)(=O)NC(=O)CCN1C(=Cc2sc3ccc(Cl)cc3[n+]2CCS(=O)(=O)O)Sc2ccc(Cl)cc21. The molecule has 0 saturated heterocycles. The number of nitrogens with zero attached hydrogens (tertiary/aromatic N) is 2. The van der Waals surface area contributed by atoms with Crippen molar-refractivity contribution in [2.24, 2.45) is 0 Å². The molecule has 0 saturated carbocycles. The second-order valence-corrected chi connectivity index (χ2v) is 14.2. The molecule has 0 unspecified atom stereocenters. The highest BCUT2D eigenvalue weighted by Crippen LogP contribution is 2.47. The molecule has 0 bridgehead atoms. The Hall–Kier alpha value is -1.87.